The molecule has 0 radical (unpaired) electrons. The Morgan fingerprint density at radius 3 is 0.527 bits per heavy atom. The third-order valence-corrected chi connectivity index (χ3v) is 30.4. The van der Waals surface area contributed by atoms with Gasteiger partial charge in [-0.05, 0) is 259 Å². The van der Waals surface area contributed by atoms with Gasteiger partial charge in [0.1, 0.15) is 0 Å². The summed E-state index contributed by atoms with van der Waals surface area (Å²) in [5.74, 6) is 0. The molecule has 0 bridgehead atoms. The van der Waals surface area contributed by atoms with Gasteiger partial charge >= 0.3 is 0 Å². The number of fused-ring (bicyclic) bond motifs is 18. The van der Waals surface area contributed by atoms with Crippen molar-refractivity contribution in [2.45, 2.75) is 0 Å². The second-order valence-corrected chi connectivity index (χ2v) is 38.9. The van der Waals surface area contributed by atoms with Crippen molar-refractivity contribution < 1.29 is 0 Å². The van der Waals surface area contributed by atoms with Gasteiger partial charge in [-0.3, -0.25) is 0 Å². The molecular formula is C144H96N6. The number of benzene rings is 24. The number of hydrogen-bond donors (Lipinski definition) is 0. The molecule has 6 heteroatoms. The Kier molecular flexibility index (Phi) is 21.9. The third kappa shape index (κ3) is 15.4. The van der Waals surface area contributed by atoms with Gasteiger partial charge in [-0.25, -0.2) is 0 Å². The topological polar surface area (TPSA) is 29.6 Å². The zero-order valence-corrected chi connectivity index (χ0v) is 82.1. The molecule has 0 saturated carbocycles. The highest BCUT2D eigenvalue weighted by molar-refractivity contribution is 6.18. The fourth-order valence-electron chi connectivity index (χ4n) is 23.4. The molecular weight excluding hydrogens is 1810 g/mol. The average molecular weight is 1910 g/mol. The van der Waals surface area contributed by atoms with E-state index < -0.39 is 0 Å². The van der Waals surface area contributed by atoms with Crippen molar-refractivity contribution in [1.82, 2.24) is 27.4 Å². The Hall–Kier alpha value is -19.9. The lowest BCUT2D eigenvalue weighted by atomic mass is 10.0. The van der Waals surface area contributed by atoms with Crippen LogP contribution in [-0.4, -0.2) is 27.4 Å². The van der Waals surface area contributed by atoms with E-state index in [1.807, 2.05) is 0 Å². The summed E-state index contributed by atoms with van der Waals surface area (Å²) in [5.41, 5.74) is 43.4. The maximum absolute atomic E-state index is 2.43. The Morgan fingerprint density at radius 2 is 0.260 bits per heavy atom. The molecule has 30 rings (SSSR count). The lowest BCUT2D eigenvalue weighted by Gasteiger charge is -2.14. The fraction of sp³-hybridized carbons (Fsp3) is 0. The molecule has 150 heavy (non-hydrogen) atoms. The number of rotatable bonds is 15. The summed E-state index contributed by atoms with van der Waals surface area (Å²) in [5, 5.41) is 15.0. The Morgan fingerprint density at radius 1 is 0.0867 bits per heavy atom. The second kappa shape index (κ2) is 37.4. The third-order valence-electron chi connectivity index (χ3n) is 30.4. The molecule has 0 aliphatic heterocycles. The first-order valence-electron chi connectivity index (χ1n) is 51.6. The van der Waals surface area contributed by atoms with Crippen molar-refractivity contribution >= 4 is 131 Å². The van der Waals surface area contributed by atoms with Gasteiger partial charge in [-0.1, -0.05) is 413 Å². The summed E-state index contributed by atoms with van der Waals surface area (Å²) in [6.45, 7) is 0. The summed E-state index contributed by atoms with van der Waals surface area (Å²) in [6.07, 6.45) is 0. The molecule has 0 amide bonds. The van der Waals surface area contributed by atoms with Crippen LogP contribution < -0.4 is 0 Å². The molecule has 0 unspecified atom stereocenters. The summed E-state index contributed by atoms with van der Waals surface area (Å²) >= 11 is 0. The SMILES string of the molecule is c1ccc(-c2ccc(-n3c4ccccc4c4cc(-c5ccc6c(c5)c5ccccc5n6-c5ccccc5-c5ccccc5)ccc43)cc2)cc1.c1ccc(-c2cccc(-n3c4ccccc4c4cc(-c5ccc6c(c5)c5ccccc5n6-c5cccc(-c6ccccc6)c5)ccc43)c2)cc1.c1ccc(-c2cccc(-n3c4ccccc4c4cc(-c5ccc6c(c5)c5ccccc5n6-c5ccccc5-c5ccccc5)ccc43)c2)cc1. The minimum absolute atomic E-state index is 1.16. The molecule has 30 aromatic rings. The van der Waals surface area contributed by atoms with Crippen LogP contribution in [0.3, 0.4) is 0 Å². The molecule has 0 fully saturated rings. The molecule has 0 saturated heterocycles. The first kappa shape index (κ1) is 87.8. The van der Waals surface area contributed by atoms with Crippen LogP contribution in [0.15, 0.2) is 582 Å². The molecule has 6 aromatic heterocycles. The predicted octanol–water partition coefficient (Wildman–Crippen LogP) is 38.6. The first-order valence-corrected chi connectivity index (χ1v) is 51.6. The second-order valence-electron chi connectivity index (χ2n) is 38.9. The lowest BCUT2D eigenvalue weighted by Crippen LogP contribution is -1.97. The standard InChI is InChI=1S/3C48H32N2/c1-3-14-33(15-4-1)35-18-13-19-38(30-35)49-45-24-11-8-21-40(45)42-31-36(26-28-47(42)49)37-27-29-48-43(32-37)41-22-9-12-25-46(41)50(48)44-23-10-7-20-39(44)34-16-5-2-6-17-34;1-3-13-33(14-4-1)34-23-27-38(28-24-34)49-45-21-11-8-18-40(45)42-31-36(25-29-47(42)49)37-26-30-48-43(32-37)41-19-9-12-22-46(41)50(48)44-20-10-7-17-39(44)35-15-5-2-6-16-35;1-3-13-33(14-4-1)35-17-11-19-39(29-35)49-45-23-9-7-21-41(45)43-31-37(25-27-47(43)49)38-26-28-48-44(32-38)42-22-8-10-24-46(42)50(48)40-20-12-18-36(30-40)34-15-5-2-6-16-34/h3*1-32H. The number of aromatic nitrogens is 6. The van der Waals surface area contributed by atoms with E-state index in [0.29, 0.717) is 0 Å². The molecule has 0 N–H and O–H groups in total. The van der Waals surface area contributed by atoms with Crippen molar-refractivity contribution in [1.29, 1.82) is 0 Å². The van der Waals surface area contributed by atoms with Crippen LogP contribution in [0.5, 0.6) is 0 Å². The fourth-order valence-corrected chi connectivity index (χ4v) is 23.4. The maximum atomic E-state index is 2.43. The highest BCUT2D eigenvalue weighted by atomic mass is 15.0. The van der Waals surface area contributed by atoms with Gasteiger partial charge in [0.05, 0.1) is 77.6 Å². The van der Waals surface area contributed by atoms with Crippen molar-refractivity contribution in [3.05, 3.63) is 582 Å². The van der Waals surface area contributed by atoms with Gasteiger partial charge in [0.15, 0.2) is 0 Å². The van der Waals surface area contributed by atoms with Crippen LogP contribution in [0.25, 0.3) is 265 Å². The minimum atomic E-state index is 1.16. The minimum Gasteiger partial charge on any atom is -0.309 e. The van der Waals surface area contributed by atoms with Gasteiger partial charge in [0, 0.05) is 98.5 Å². The quantitative estimate of drug-likeness (QED) is 0.0979. The van der Waals surface area contributed by atoms with Crippen LogP contribution in [0.1, 0.15) is 0 Å². The van der Waals surface area contributed by atoms with Crippen molar-refractivity contribution in [3.63, 3.8) is 0 Å². The predicted molar refractivity (Wildman–Crippen MR) is 634 cm³/mol. The van der Waals surface area contributed by atoms with Crippen LogP contribution >= 0.6 is 0 Å². The molecule has 0 spiro atoms. The Balaban J connectivity index is 0.000000108. The van der Waals surface area contributed by atoms with E-state index in [0.717, 1.165) is 22.7 Å². The van der Waals surface area contributed by atoms with Gasteiger partial charge in [0.2, 0.25) is 0 Å². The summed E-state index contributed by atoms with van der Waals surface area (Å²) in [6, 6.07) is 211. The smallest absolute Gasteiger partial charge is 0.0541 e. The van der Waals surface area contributed by atoms with E-state index >= 15 is 0 Å². The van der Waals surface area contributed by atoms with E-state index in [4.69, 9.17) is 0 Å². The van der Waals surface area contributed by atoms with Gasteiger partial charge < -0.3 is 27.4 Å². The molecule has 6 nitrogen and oxygen atoms in total. The van der Waals surface area contributed by atoms with Crippen molar-refractivity contribution in [2.75, 3.05) is 0 Å². The average Bonchev–Trinajstić information content (AvgIpc) is 1.58. The largest absolute Gasteiger partial charge is 0.309 e. The van der Waals surface area contributed by atoms with Crippen LogP contribution in [0.4, 0.5) is 0 Å². The molecule has 24 aromatic carbocycles. The summed E-state index contributed by atoms with van der Waals surface area (Å²) < 4.78 is 14.5. The van der Waals surface area contributed by atoms with Crippen LogP contribution in [0.2, 0.25) is 0 Å². The molecule has 0 atom stereocenters. The first-order chi connectivity index (χ1) is 74.4. The number of para-hydroxylation sites is 8. The van der Waals surface area contributed by atoms with Crippen LogP contribution in [-0.2, 0) is 0 Å². The Labute approximate surface area is 868 Å². The number of hydrogen-bond acceptors (Lipinski definition) is 0. The van der Waals surface area contributed by atoms with Gasteiger partial charge in [-0.15, -0.1) is 0 Å². The maximum Gasteiger partial charge on any atom is 0.0541 e. The van der Waals surface area contributed by atoms with Gasteiger partial charge in [-0.2, -0.15) is 0 Å². The monoisotopic (exact) mass is 1910 g/mol. The molecule has 0 aliphatic rings. The van der Waals surface area contributed by atoms with E-state index in [2.05, 4.69) is 610 Å². The molecule has 0 aliphatic carbocycles. The molecule has 6 heterocycles. The number of nitrogens with zero attached hydrogens (tertiary/aromatic N) is 6. The summed E-state index contributed by atoms with van der Waals surface area (Å²) in [7, 11) is 0. The zero-order valence-electron chi connectivity index (χ0n) is 82.1. The van der Waals surface area contributed by atoms with Gasteiger partial charge in [0.25, 0.3) is 0 Å². The molecule has 702 valence electrons. The highest BCUT2D eigenvalue weighted by Crippen LogP contribution is 2.47. The lowest BCUT2D eigenvalue weighted by molar-refractivity contribution is 1.18. The van der Waals surface area contributed by atoms with E-state index in [1.165, 1.54) is 242 Å². The Bertz CT molecular complexity index is 10200. The summed E-state index contributed by atoms with van der Waals surface area (Å²) in [4.78, 5) is 0. The normalized spacial score (nSPS) is 11.6. The van der Waals surface area contributed by atoms with E-state index in [9.17, 15) is 0 Å². The van der Waals surface area contributed by atoms with Crippen molar-refractivity contribution in [3.8, 4) is 134 Å². The van der Waals surface area contributed by atoms with E-state index in [-0.39, 0.29) is 0 Å². The van der Waals surface area contributed by atoms with Crippen molar-refractivity contribution in [2.24, 2.45) is 0 Å². The zero-order chi connectivity index (χ0) is 99.1. The van der Waals surface area contributed by atoms with E-state index in [1.54, 1.807) is 0 Å². The highest BCUT2D eigenvalue weighted by Gasteiger charge is 2.25. The van der Waals surface area contributed by atoms with Crippen LogP contribution in [0, 0.1) is 0 Å².